The van der Waals surface area contributed by atoms with E-state index in [-0.39, 0.29) is 5.56 Å². The predicted molar refractivity (Wildman–Crippen MR) is 42.1 cm³/mol. The van der Waals surface area contributed by atoms with E-state index in [1.165, 1.54) is 12.1 Å². The van der Waals surface area contributed by atoms with Crippen molar-refractivity contribution < 1.29 is 17.6 Å². The summed E-state index contributed by atoms with van der Waals surface area (Å²) in [6.45, 7) is 0. The molecule has 0 saturated carbocycles. The lowest BCUT2D eigenvalue weighted by atomic mass is 10.2. The van der Waals surface area contributed by atoms with Crippen LogP contribution in [0.25, 0.3) is 0 Å². The topological polar surface area (TPSA) is 63.6 Å². The van der Waals surface area contributed by atoms with Crippen molar-refractivity contribution in [2.45, 2.75) is 0 Å². The average Bonchev–Trinajstić information content (AvgIpc) is 2.03. The van der Waals surface area contributed by atoms with Gasteiger partial charge in [-0.3, -0.25) is 4.79 Å². The van der Waals surface area contributed by atoms with Gasteiger partial charge in [0.2, 0.25) is 0 Å². The van der Waals surface area contributed by atoms with Crippen LogP contribution >= 0.6 is 0 Å². The summed E-state index contributed by atoms with van der Waals surface area (Å²) in [5, 5.41) is 0. The summed E-state index contributed by atoms with van der Waals surface area (Å²) in [5.74, 6) is -1.90. The van der Waals surface area contributed by atoms with Gasteiger partial charge in [-0.1, -0.05) is 16.5 Å². The van der Waals surface area contributed by atoms with Crippen molar-refractivity contribution in [2.24, 2.45) is 4.36 Å². The largest absolute Gasteiger partial charge is 0.319 e. The van der Waals surface area contributed by atoms with Gasteiger partial charge in [0.15, 0.2) is 0 Å². The van der Waals surface area contributed by atoms with Gasteiger partial charge in [0, 0.05) is 0 Å². The van der Waals surface area contributed by atoms with Crippen molar-refractivity contribution in [3.05, 3.63) is 35.6 Å². The van der Waals surface area contributed by atoms with Crippen LogP contribution in [0.3, 0.4) is 0 Å². The average molecular weight is 201 g/mol. The monoisotopic (exact) mass is 201 g/mol. The molecule has 68 valence electrons. The second kappa shape index (κ2) is 3.90. The Labute approximate surface area is 74.7 Å². The van der Waals surface area contributed by atoms with E-state index in [0.29, 0.717) is 0 Å². The quantitative estimate of drug-likeness (QED) is 0.681. The minimum atomic E-state index is -2.85. The molecule has 1 aromatic carbocycles. The molecule has 1 aromatic rings. The van der Waals surface area contributed by atoms with Crippen LogP contribution in [0.5, 0.6) is 0 Å². The molecule has 0 aliphatic carbocycles. The van der Waals surface area contributed by atoms with Gasteiger partial charge >= 0.3 is 10.5 Å². The lowest BCUT2D eigenvalue weighted by molar-refractivity contribution is 0.100. The number of rotatable bonds is 1. The van der Waals surface area contributed by atoms with Gasteiger partial charge in [-0.05, 0) is 12.1 Å². The zero-order chi connectivity index (χ0) is 9.84. The van der Waals surface area contributed by atoms with E-state index in [0.717, 1.165) is 12.1 Å². The standard InChI is InChI=1S/C7H4FNO3S/c8-6-4-2-1-3-5(6)7(10)9-13(11)12/h1-4H. The Balaban J connectivity index is 3.17. The van der Waals surface area contributed by atoms with E-state index in [2.05, 4.69) is 4.36 Å². The molecule has 0 N–H and O–H groups in total. The zero-order valence-corrected chi connectivity index (χ0v) is 7.08. The molecule has 0 heterocycles. The summed E-state index contributed by atoms with van der Waals surface area (Å²) >= 11 is 0. The molecule has 0 radical (unpaired) electrons. The van der Waals surface area contributed by atoms with E-state index in [9.17, 15) is 17.6 Å². The van der Waals surface area contributed by atoms with Gasteiger partial charge in [0.05, 0.1) is 5.56 Å². The van der Waals surface area contributed by atoms with Crippen LogP contribution in [0.15, 0.2) is 28.6 Å². The van der Waals surface area contributed by atoms with Crippen molar-refractivity contribution in [1.82, 2.24) is 0 Å². The lowest BCUT2D eigenvalue weighted by Gasteiger charge is -1.93. The molecule has 0 aliphatic rings. The summed E-state index contributed by atoms with van der Waals surface area (Å²) in [6, 6.07) is 5.02. The summed E-state index contributed by atoms with van der Waals surface area (Å²) < 4.78 is 35.4. The third kappa shape index (κ3) is 2.45. The summed E-state index contributed by atoms with van der Waals surface area (Å²) in [4.78, 5) is 10.9. The van der Waals surface area contributed by atoms with Crippen molar-refractivity contribution in [3.8, 4) is 0 Å². The Morgan fingerprint density at radius 2 is 1.92 bits per heavy atom. The highest BCUT2D eigenvalue weighted by Crippen LogP contribution is 2.07. The van der Waals surface area contributed by atoms with Crippen LogP contribution in [-0.4, -0.2) is 14.3 Å². The van der Waals surface area contributed by atoms with Crippen molar-refractivity contribution in [2.75, 3.05) is 0 Å². The highest BCUT2D eigenvalue weighted by Gasteiger charge is 2.09. The maximum atomic E-state index is 12.8. The first-order chi connectivity index (χ1) is 6.11. The Bertz CT molecular complexity index is 458. The second-order valence-corrected chi connectivity index (χ2v) is 2.71. The number of nitrogens with zero attached hydrogens (tertiary/aromatic N) is 1. The highest BCUT2D eigenvalue weighted by molar-refractivity contribution is 7.62. The normalized spacial score (nSPS) is 9.31. The number of hydrogen-bond acceptors (Lipinski definition) is 3. The van der Waals surface area contributed by atoms with E-state index >= 15 is 0 Å². The molecule has 0 aromatic heterocycles. The minimum absolute atomic E-state index is 0.355. The van der Waals surface area contributed by atoms with Gasteiger partial charge < -0.3 is 0 Å². The predicted octanol–water partition coefficient (Wildman–Crippen LogP) is 1.03. The van der Waals surface area contributed by atoms with Gasteiger partial charge in [0.25, 0.3) is 5.91 Å². The molecule has 0 unspecified atom stereocenters. The molecular formula is C7H4FNO3S. The molecule has 0 fully saturated rings. The van der Waals surface area contributed by atoms with Gasteiger partial charge in [-0.2, -0.15) is 8.42 Å². The third-order valence-corrected chi connectivity index (χ3v) is 1.58. The van der Waals surface area contributed by atoms with Crippen LogP contribution in [0.2, 0.25) is 0 Å². The summed E-state index contributed by atoms with van der Waals surface area (Å²) in [6.07, 6.45) is 0. The minimum Gasteiger partial charge on any atom is -0.266 e. The fourth-order valence-electron chi connectivity index (χ4n) is 0.752. The number of carbonyl (C=O) groups is 1. The van der Waals surface area contributed by atoms with Crippen LogP contribution in [0.4, 0.5) is 4.39 Å². The molecule has 1 amide bonds. The van der Waals surface area contributed by atoms with Gasteiger partial charge in [-0.25, -0.2) is 4.39 Å². The van der Waals surface area contributed by atoms with Gasteiger partial charge in [-0.15, -0.1) is 0 Å². The fraction of sp³-hybridized carbons (Fsp3) is 0. The van der Waals surface area contributed by atoms with E-state index in [1.807, 2.05) is 0 Å². The molecule has 13 heavy (non-hydrogen) atoms. The van der Waals surface area contributed by atoms with Crippen molar-refractivity contribution in [1.29, 1.82) is 0 Å². The van der Waals surface area contributed by atoms with Crippen molar-refractivity contribution >= 4 is 16.4 Å². The number of amides is 1. The first-order valence-corrected chi connectivity index (χ1v) is 4.24. The first-order valence-electron chi connectivity index (χ1n) is 3.21. The maximum absolute atomic E-state index is 12.8. The highest BCUT2D eigenvalue weighted by atomic mass is 32.2. The smallest absolute Gasteiger partial charge is 0.266 e. The van der Waals surface area contributed by atoms with E-state index in [4.69, 9.17) is 0 Å². The summed E-state index contributed by atoms with van der Waals surface area (Å²) in [5.41, 5.74) is -0.355. The molecule has 4 nitrogen and oxygen atoms in total. The van der Waals surface area contributed by atoms with Crippen LogP contribution in [0.1, 0.15) is 10.4 Å². The van der Waals surface area contributed by atoms with Crippen LogP contribution < -0.4 is 0 Å². The molecule has 0 saturated heterocycles. The molecule has 0 bridgehead atoms. The Hall–Kier alpha value is -1.56. The fourth-order valence-corrected chi connectivity index (χ4v) is 0.985. The summed E-state index contributed by atoms with van der Waals surface area (Å²) in [7, 11) is -2.85. The Morgan fingerprint density at radius 1 is 1.31 bits per heavy atom. The molecule has 1 rings (SSSR count). The second-order valence-electron chi connectivity index (χ2n) is 2.09. The number of benzene rings is 1. The van der Waals surface area contributed by atoms with Crippen molar-refractivity contribution in [3.63, 3.8) is 0 Å². The van der Waals surface area contributed by atoms with Gasteiger partial charge in [0.1, 0.15) is 5.82 Å². The molecule has 0 atom stereocenters. The molecular weight excluding hydrogens is 197 g/mol. The Morgan fingerprint density at radius 3 is 2.46 bits per heavy atom. The number of hydrogen-bond donors (Lipinski definition) is 0. The SMILES string of the molecule is O=C(N=S(=O)=O)c1ccccc1F. The third-order valence-electron chi connectivity index (χ3n) is 1.26. The molecule has 6 heteroatoms. The van der Waals surface area contributed by atoms with E-state index in [1.54, 1.807) is 0 Å². The number of halogens is 1. The number of carbonyl (C=O) groups excluding carboxylic acids is 1. The van der Waals surface area contributed by atoms with Crippen LogP contribution in [0, 0.1) is 5.82 Å². The zero-order valence-electron chi connectivity index (χ0n) is 6.27. The first kappa shape index (κ1) is 9.53. The molecule has 0 spiro atoms. The maximum Gasteiger partial charge on any atom is 0.319 e. The lowest BCUT2D eigenvalue weighted by Crippen LogP contribution is -1.97. The van der Waals surface area contributed by atoms with Crippen LogP contribution in [-0.2, 0) is 10.5 Å². The molecule has 0 aliphatic heterocycles. The van der Waals surface area contributed by atoms with E-state index < -0.39 is 22.2 Å². The Kier molecular flexibility index (Phi) is 2.86.